The first-order chi connectivity index (χ1) is 12.5. The number of thiazole rings is 1. The number of amides is 3. The van der Waals surface area contributed by atoms with Crippen molar-refractivity contribution in [2.75, 3.05) is 23.8 Å². The van der Waals surface area contributed by atoms with E-state index in [-0.39, 0.29) is 31.4 Å². The maximum absolute atomic E-state index is 11.9. The van der Waals surface area contributed by atoms with Crippen molar-refractivity contribution < 1.29 is 19.1 Å². The molecule has 3 amide bonds. The highest BCUT2D eigenvalue weighted by Crippen LogP contribution is 2.26. The van der Waals surface area contributed by atoms with E-state index in [2.05, 4.69) is 20.9 Å². The van der Waals surface area contributed by atoms with Gasteiger partial charge in [-0.3, -0.25) is 9.59 Å². The van der Waals surface area contributed by atoms with Crippen molar-refractivity contribution in [1.29, 1.82) is 0 Å². The predicted octanol–water partition coefficient (Wildman–Crippen LogP) is 2.84. The number of benzene rings is 1. The minimum atomic E-state index is -0.542. The number of rotatable bonds is 7. The van der Waals surface area contributed by atoms with Crippen LogP contribution in [0.5, 0.6) is 0 Å². The van der Waals surface area contributed by atoms with Gasteiger partial charge in [-0.25, -0.2) is 9.78 Å². The minimum absolute atomic E-state index is 0.124. The van der Waals surface area contributed by atoms with Gasteiger partial charge in [-0.05, 0) is 19.1 Å². The van der Waals surface area contributed by atoms with Crippen molar-refractivity contribution in [1.82, 2.24) is 10.3 Å². The van der Waals surface area contributed by atoms with E-state index >= 15 is 0 Å². The molecule has 2 rings (SSSR count). The van der Waals surface area contributed by atoms with E-state index in [4.69, 9.17) is 4.74 Å². The Kier molecular flexibility index (Phi) is 7.10. The van der Waals surface area contributed by atoms with Crippen LogP contribution >= 0.6 is 11.3 Å². The van der Waals surface area contributed by atoms with Crippen LogP contribution in [0.3, 0.4) is 0 Å². The number of carbonyl (C=O) groups is 3. The van der Waals surface area contributed by atoms with Crippen molar-refractivity contribution in [3.8, 4) is 11.3 Å². The smallest absolute Gasteiger partial charge is 0.407 e. The molecule has 0 aliphatic heterocycles. The highest BCUT2D eigenvalue weighted by molar-refractivity contribution is 7.14. The second-order valence-corrected chi connectivity index (χ2v) is 6.10. The standard InChI is InChI=1S/C17H20N4O4S/c1-3-25-17(24)18-9-8-15(23)21-16-20-14(10-26-16)12-4-6-13(7-5-12)19-11(2)22/h4-7,10H,3,8-9H2,1-2H3,(H,18,24)(H,19,22)(H,20,21,23). The first-order valence-electron chi connectivity index (χ1n) is 8.02. The maximum atomic E-state index is 11.9. The second-order valence-electron chi connectivity index (χ2n) is 5.24. The topological polar surface area (TPSA) is 109 Å². The summed E-state index contributed by atoms with van der Waals surface area (Å²) in [6, 6.07) is 7.26. The summed E-state index contributed by atoms with van der Waals surface area (Å²) in [5, 5.41) is 10.2. The molecule has 0 aliphatic carbocycles. The minimum Gasteiger partial charge on any atom is -0.450 e. The molecule has 26 heavy (non-hydrogen) atoms. The first-order valence-corrected chi connectivity index (χ1v) is 8.90. The summed E-state index contributed by atoms with van der Waals surface area (Å²) in [5.41, 5.74) is 2.31. The molecule has 1 heterocycles. The van der Waals surface area contributed by atoms with Gasteiger partial charge < -0.3 is 20.7 Å². The lowest BCUT2D eigenvalue weighted by molar-refractivity contribution is -0.116. The number of anilines is 2. The fourth-order valence-electron chi connectivity index (χ4n) is 2.03. The van der Waals surface area contributed by atoms with Gasteiger partial charge in [-0.2, -0.15) is 0 Å². The quantitative estimate of drug-likeness (QED) is 0.688. The van der Waals surface area contributed by atoms with Gasteiger partial charge in [-0.15, -0.1) is 11.3 Å². The Bertz CT molecular complexity index is 773. The molecule has 0 spiro atoms. The molecule has 0 unspecified atom stereocenters. The van der Waals surface area contributed by atoms with Gasteiger partial charge in [0, 0.05) is 36.5 Å². The van der Waals surface area contributed by atoms with E-state index in [9.17, 15) is 14.4 Å². The number of aromatic nitrogens is 1. The molecule has 8 nitrogen and oxygen atoms in total. The molecule has 2 aromatic rings. The normalized spacial score (nSPS) is 10.1. The Hall–Kier alpha value is -2.94. The zero-order valence-electron chi connectivity index (χ0n) is 14.5. The van der Waals surface area contributed by atoms with Gasteiger partial charge in [0.1, 0.15) is 0 Å². The average molecular weight is 376 g/mol. The largest absolute Gasteiger partial charge is 0.450 e. The monoisotopic (exact) mass is 376 g/mol. The summed E-state index contributed by atoms with van der Waals surface area (Å²) in [6.45, 7) is 3.63. The van der Waals surface area contributed by atoms with Gasteiger partial charge >= 0.3 is 6.09 Å². The van der Waals surface area contributed by atoms with Crippen molar-refractivity contribution in [2.45, 2.75) is 20.3 Å². The molecule has 0 bridgehead atoms. The molecule has 0 fully saturated rings. The number of ether oxygens (including phenoxy) is 1. The number of hydrogen-bond acceptors (Lipinski definition) is 6. The van der Waals surface area contributed by atoms with Crippen LogP contribution in [0.1, 0.15) is 20.3 Å². The molecule has 0 radical (unpaired) electrons. The Balaban J connectivity index is 1.86. The van der Waals surface area contributed by atoms with Crippen LogP contribution in [0.25, 0.3) is 11.3 Å². The summed E-state index contributed by atoms with van der Waals surface area (Å²) in [7, 11) is 0. The van der Waals surface area contributed by atoms with E-state index < -0.39 is 6.09 Å². The summed E-state index contributed by atoms with van der Waals surface area (Å²) in [4.78, 5) is 38.4. The maximum Gasteiger partial charge on any atom is 0.407 e. The van der Waals surface area contributed by atoms with E-state index in [0.717, 1.165) is 11.3 Å². The molecule has 3 N–H and O–H groups in total. The average Bonchev–Trinajstić information content (AvgIpc) is 3.03. The van der Waals surface area contributed by atoms with Crippen LogP contribution in [0.2, 0.25) is 0 Å². The lowest BCUT2D eigenvalue weighted by Gasteiger charge is -2.05. The number of nitrogens with zero attached hydrogens (tertiary/aromatic N) is 1. The highest BCUT2D eigenvalue weighted by atomic mass is 32.1. The van der Waals surface area contributed by atoms with E-state index in [1.807, 2.05) is 17.5 Å². The Morgan fingerprint density at radius 3 is 2.54 bits per heavy atom. The lowest BCUT2D eigenvalue weighted by atomic mass is 10.1. The zero-order chi connectivity index (χ0) is 18.9. The van der Waals surface area contributed by atoms with Crippen LogP contribution in [0.4, 0.5) is 15.6 Å². The van der Waals surface area contributed by atoms with Crippen LogP contribution in [-0.4, -0.2) is 36.0 Å². The van der Waals surface area contributed by atoms with Crippen LogP contribution in [-0.2, 0) is 14.3 Å². The van der Waals surface area contributed by atoms with Gasteiger partial charge in [0.25, 0.3) is 0 Å². The molecule has 0 saturated heterocycles. The summed E-state index contributed by atoms with van der Waals surface area (Å²) < 4.78 is 4.71. The van der Waals surface area contributed by atoms with Gasteiger partial charge in [-0.1, -0.05) is 12.1 Å². The zero-order valence-corrected chi connectivity index (χ0v) is 15.3. The molecule has 0 atom stereocenters. The second kappa shape index (κ2) is 9.52. The van der Waals surface area contributed by atoms with Gasteiger partial charge in [0.15, 0.2) is 5.13 Å². The number of alkyl carbamates (subject to hydrolysis) is 1. The third-order valence-electron chi connectivity index (χ3n) is 3.15. The Morgan fingerprint density at radius 2 is 1.88 bits per heavy atom. The lowest BCUT2D eigenvalue weighted by Crippen LogP contribution is -2.28. The third-order valence-corrected chi connectivity index (χ3v) is 3.91. The molecule has 0 aliphatic rings. The molecule has 138 valence electrons. The highest BCUT2D eigenvalue weighted by Gasteiger charge is 2.09. The molecule has 1 aromatic heterocycles. The summed E-state index contributed by atoms with van der Waals surface area (Å²) in [6.07, 6.45) is -0.418. The fourth-order valence-corrected chi connectivity index (χ4v) is 2.77. The molecular formula is C17H20N4O4S. The molecule has 0 saturated carbocycles. The SMILES string of the molecule is CCOC(=O)NCCC(=O)Nc1nc(-c2ccc(NC(C)=O)cc2)cs1. The summed E-state index contributed by atoms with van der Waals surface area (Å²) in [5.74, 6) is -0.377. The van der Waals surface area contributed by atoms with Crippen molar-refractivity contribution in [3.63, 3.8) is 0 Å². The third kappa shape index (κ3) is 6.17. The molecule has 9 heteroatoms. The predicted molar refractivity (Wildman–Crippen MR) is 100 cm³/mol. The molecule has 1 aromatic carbocycles. The van der Waals surface area contributed by atoms with Gasteiger partial charge in [0.2, 0.25) is 11.8 Å². The van der Waals surface area contributed by atoms with E-state index in [1.165, 1.54) is 18.3 Å². The Morgan fingerprint density at radius 1 is 1.15 bits per heavy atom. The summed E-state index contributed by atoms with van der Waals surface area (Å²) >= 11 is 1.31. The van der Waals surface area contributed by atoms with Gasteiger partial charge in [0.05, 0.1) is 12.3 Å². The van der Waals surface area contributed by atoms with Crippen molar-refractivity contribution >= 4 is 40.1 Å². The van der Waals surface area contributed by atoms with E-state index in [0.29, 0.717) is 10.8 Å². The van der Waals surface area contributed by atoms with Crippen molar-refractivity contribution in [3.05, 3.63) is 29.6 Å². The van der Waals surface area contributed by atoms with Crippen LogP contribution < -0.4 is 16.0 Å². The Labute approximate surface area is 155 Å². The number of hydrogen-bond donors (Lipinski definition) is 3. The molecular weight excluding hydrogens is 356 g/mol. The van der Waals surface area contributed by atoms with Crippen LogP contribution in [0.15, 0.2) is 29.6 Å². The number of nitrogens with one attached hydrogen (secondary N) is 3. The number of carbonyl (C=O) groups excluding carboxylic acids is 3. The van der Waals surface area contributed by atoms with E-state index in [1.54, 1.807) is 19.1 Å². The first kappa shape index (κ1) is 19.4. The fraction of sp³-hybridized carbons (Fsp3) is 0.294. The van der Waals surface area contributed by atoms with Crippen molar-refractivity contribution in [2.24, 2.45) is 0 Å². The van der Waals surface area contributed by atoms with Crippen LogP contribution in [0, 0.1) is 0 Å².